The maximum absolute atomic E-state index is 13.1. The number of rotatable bonds is 6. The van der Waals surface area contributed by atoms with Gasteiger partial charge in [0.15, 0.2) is 11.5 Å². The molecular formula is C25H25BrN2O5. The summed E-state index contributed by atoms with van der Waals surface area (Å²) in [6.45, 7) is 0.365. The van der Waals surface area contributed by atoms with E-state index in [1.54, 1.807) is 18.2 Å². The zero-order valence-corrected chi connectivity index (χ0v) is 19.9. The standard InChI is InChI=1S/C25H25BrN2O5/c1-32-22-14-17(9-12-21(22)33-15-16-7-10-18(26)11-8-16)13-20-23(29)27-25(31)28(24(20)30)19-5-3-2-4-6-19/h7-14,19H,2-6,15H2,1H3,(H,27,29,31). The van der Waals surface area contributed by atoms with Crippen molar-refractivity contribution in [1.82, 2.24) is 10.2 Å². The Kier molecular flexibility index (Phi) is 7.13. The molecule has 0 bridgehead atoms. The van der Waals surface area contributed by atoms with Crippen molar-refractivity contribution >= 4 is 39.9 Å². The average molecular weight is 513 g/mol. The molecule has 33 heavy (non-hydrogen) atoms. The Balaban J connectivity index is 1.54. The first-order valence-corrected chi connectivity index (χ1v) is 11.7. The molecule has 2 fully saturated rings. The fraction of sp³-hybridized carbons (Fsp3) is 0.320. The molecule has 0 unspecified atom stereocenters. The predicted molar refractivity (Wildman–Crippen MR) is 127 cm³/mol. The number of imide groups is 2. The van der Waals surface area contributed by atoms with E-state index in [-0.39, 0.29) is 11.6 Å². The van der Waals surface area contributed by atoms with Gasteiger partial charge in [-0.05, 0) is 54.3 Å². The van der Waals surface area contributed by atoms with Crippen molar-refractivity contribution in [2.45, 2.75) is 44.8 Å². The number of hydrogen-bond acceptors (Lipinski definition) is 5. The number of nitrogens with zero attached hydrogens (tertiary/aromatic N) is 1. The van der Waals surface area contributed by atoms with E-state index in [1.807, 2.05) is 24.3 Å². The minimum absolute atomic E-state index is 0.0641. The van der Waals surface area contributed by atoms with Crippen LogP contribution in [-0.2, 0) is 16.2 Å². The Hall–Kier alpha value is -3.13. The average Bonchev–Trinajstić information content (AvgIpc) is 2.82. The van der Waals surface area contributed by atoms with Crippen molar-refractivity contribution < 1.29 is 23.9 Å². The summed E-state index contributed by atoms with van der Waals surface area (Å²) >= 11 is 3.41. The summed E-state index contributed by atoms with van der Waals surface area (Å²) in [6, 6.07) is 12.2. The molecule has 1 aliphatic heterocycles. The van der Waals surface area contributed by atoms with E-state index in [0.29, 0.717) is 23.7 Å². The fourth-order valence-corrected chi connectivity index (χ4v) is 4.41. The highest BCUT2D eigenvalue weighted by atomic mass is 79.9. The monoisotopic (exact) mass is 512 g/mol. The number of amides is 4. The molecule has 0 spiro atoms. The third-order valence-electron chi connectivity index (χ3n) is 5.88. The number of ether oxygens (including phenoxy) is 2. The maximum atomic E-state index is 13.1. The smallest absolute Gasteiger partial charge is 0.331 e. The predicted octanol–water partition coefficient (Wildman–Crippen LogP) is 4.83. The van der Waals surface area contributed by atoms with Crippen LogP contribution in [0.4, 0.5) is 4.79 Å². The van der Waals surface area contributed by atoms with Gasteiger partial charge in [0.05, 0.1) is 7.11 Å². The number of barbiturate groups is 1. The Morgan fingerprint density at radius 1 is 1.03 bits per heavy atom. The molecule has 7 nitrogen and oxygen atoms in total. The molecule has 2 aromatic carbocycles. The summed E-state index contributed by atoms with van der Waals surface area (Å²) in [5.74, 6) is -0.219. The van der Waals surface area contributed by atoms with Crippen molar-refractivity contribution in [3.8, 4) is 11.5 Å². The van der Waals surface area contributed by atoms with Crippen LogP contribution in [0.2, 0.25) is 0 Å². The van der Waals surface area contributed by atoms with E-state index >= 15 is 0 Å². The van der Waals surface area contributed by atoms with Gasteiger partial charge in [0.2, 0.25) is 0 Å². The third-order valence-corrected chi connectivity index (χ3v) is 6.41. The molecule has 4 amide bonds. The van der Waals surface area contributed by atoms with Crippen LogP contribution in [0.1, 0.15) is 43.2 Å². The number of carbonyl (C=O) groups is 3. The number of nitrogens with one attached hydrogen (secondary N) is 1. The number of benzene rings is 2. The largest absolute Gasteiger partial charge is 0.493 e. The highest BCUT2D eigenvalue weighted by Gasteiger charge is 2.40. The van der Waals surface area contributed by atoms with Crippen LogP contribution in [0, 0.1) is 0 Å². The van der Waals surface area contributed by atoms with Gasteiger partial charge < -0.3 is 9.47 Å². The van der Waals surface area contributed by atoms with Crippen molar-refractivity contribution in [2.75, 3.05) is 7.11 Å². The lowest BCUT2D eigenvalue weighted by atomic mass is 9.93. The van der Waals surface area contributed by atoms with Gasteiger partial charge >= 0.3 is 6.03 Å². The minimum Gasteiger partial charge on any atom is -0.493 e. The van der Waals surface area contributed by atoms with Crippen molar-refractivity contribution in [1.29, 1.82) is 0 Å². The number of urea groups is 1. The van der Waals surface area contributed by atoms with E-state index in [1.165, 1.54) is 18.1 Å². The van der Waals surface area contributed by atoms with Gasteiger partial charge in [-0.2, -0.15) is 0 Å². The van der Waals surface area contributed by atoms with Gasteiger partial charge in [-0.15, -0.1) is 0 Å². The maximum Gasteiger partial charge on any atom is 0.331 e. The summed E-state index contributed by atoms with van der Waals surface area (Å²) in [6.07, 6.45) is 6.04. The highest BCUT2D eigenvalue weighted by molar-refractivity contribution is 9.10. The molecule has 2 aromatic rings. The Morgan fingerprint density at radius 2 is 1.76 bits per heavy atom. The zero-order valence-electron chi connectivity index (χ0n) is 18.3. The number of carbonyl (C=O) groups excluding carboxylic acids is 3. The molecule has 1 N–H and O–H groups in total. The number of halogens is 1. The molecule has 0 radical (unpaired) electrons. The molecule has 4 rings (SSSR count). The molecule has 0 atom stereocenters. The second-order valence-electron chi connectivity index (χ2n) is 8.11. The fourth-order valence-electron chi connectivity index (χ4n) is 4.14. The molecule has 8 heteroatoms. The second kappa shape index (κ2) is 10.2. The van der Waals surface area contributed by atoms with Crippen LogP contribution in [0.5, 0.6) is 11.5 Å². The Labute approximate surface area is 200 Å². The quantitative estimate of drug-likeness (QED) is 0.442. The lowest BCUT2D eigenvalue weighted by molar-refractivity contribution is -0.132. The topological polar surface area (TPSA) is 84.9 Å². The SMILES string of the molecule is COc1cc(C=C2C(=O)NC(=O)N(C3CCCCC3)C2=O)ccc1OCc1ccc(Br)cc1. The summed E-state index contributed by atoms with van der Waals surface area (Å²) < 4.78 is 12.3. The van der Waals surface area contributed by atoms with E-state index < -0.39 is 17.8 Å². The van der Waals surface area contributed by atoms with Gasteiger partial charge in [0, 0.05) is 10.5 Å². The summed E-state index contributed by atoms with van der Waals surface area (Å²) in [4.78, 5) is 39.1. The Bertz CT molecular complexity index is 1090. The summed E-state index contributed by atoms with van der Waals surface area (Å²) in [5, 5.41) is 2.31. The Morgan fingerprint density at radius 3 is 2.45 bits per heavy atom. The zero-order chi connectivity index (χ0) is 23.4. The second-order valence-corrected chi connectivity index (χ2v) is 9.03. The van der Waals surface area contributed by atoms with Crippen molar-refractivity contribution in [3.63, 3.8) is 0 Å². The minimum atomic E-state index is -0.688. The van der Waals surface area contributed by atoms with Gasteiger partial charge in [-0.1, -0.05) is 53.4 Å². The first kappa shape index (κ1) is 23.0. The number of methoxy groups -OCH3 is 1. The highest BCUT2D eigenvalue weighted by Crippen LogP contribution is 2.31. The first-order chi connectivity index (χ1) is 16.0. The van der Waals surface area contributed by atoms with Crippen molar-refractivity contribution in [2.24, 2.45) is 0 Å². The lowest BCUT2D eigenvalue weighted by Gasteiger charge is -2.35. The van der Waals surface area contributed by atoms with Crippen molar-refractivity contribution in [3.05, 3.63) is 63.6 Å². The molecule has 1 saturated carbocycles. The third kappa shape index (κ3) is 5.27. The molecule has 172 valence electrons. The van der Waals surface area contributed by atoms with Crippen LogP contribution >= 0.6 is 15.9 Å². The first-order valence-electron chi connectivity index (χ1n) is 10.9. The van der Waals surface area contributed by atoms with Gasteiger partial charge in [0.1, 0.15) is 12.2 Å². The van der Waals surface area contributed by atoms with Crippen LogP contribution in [-0.4, -0.2) is 35.9 Å². The lowest BCUT2D eigenvalue weighted by Crippen LogP contribution is -2.58. The molecule has 0 aromatic heterocycles. The summed E-state index contributed by atoms with van der Waals surface area (Å²) in [5.41, 5.74) is 1.54. The van der Waals surface area contributed by atoms with Gasteiger partial charge in [-0.25, -0.2) is 4.79 Å². The molecule has 1 saturated heterocycles. The van der Waals surface area contributed by atoms with Gasteiger partial charge in [-0.3, -0.25) is 19.8 Å². The van der Waals surface area contributed by atoms with E-state index in [2.05, 4.69) is 21.2 Å². The van der Waals surface area contributed by atoms with Crippen LogP contribution in [0.15, 0.2) is 52.5 Å². The van der Waals surface area contributed by atoms with Crippen LogP contribution < -0.4 is 14.8 Å². The van der Waals surface area contributed by atoms with Crippen LogP contribution in [0.25, 0.3) is 6.08 Å². The van der Waals surface area contributed by atoms with Crippen LogP contribution in [0.3, 0.4) is 0 Å². The molecule has 1 aliphatic carbocycles. The molecular weight excluding hydrogens is 488 g/mol. The van der Waals surface area contributed by atoms with Gasteiger partial charge in [0.25, 0.3) is 11.8 Å². The van der Waals surface area contributed by atoms with E-state index in [0.717, 1.165) is 42.1 Å². The normalized spacial score (nSPS) is 18.4. The summed E-state index contributed by atoms with van der Waals surface area (Å²) in [7, 11) is 1.53. The van der Waals surface area contributed by atoms with E-state index in [9.17, 15) is 14.4 Å². The molecule has 2 aliphatic rings. The van der Waals surface area contributed by atoms with E-state index in [4.69, 9.17) is 9.47 Å². The number of hydrogen-bond donors (Lipinski definition) is 1. The molecule has 1 heterocycles.